The Bertz CT molecular complexity index is 421. The lowest BCUT2D eigenvalue weighted by molar-refractivity contribution is 0.498. The van der Waals surface area contributed by atoms with Crippen LogP contribution in [0.3, 0.4) is 0 Å². The molecule has 92 valence electrons. The molecule has 0 spiro atoms. The maximum Gasteiger partial charge on any atom is 0.0453 e. The summed E-state index contributed by atoms with van der Waals surface area (Å²) in [5.74, 6) is 11.4. The van der Waals surface area contributed by atoms with Crippen molar-refractivity contribution in [1.82, 2.24) is 5.43 Å². The van der Waals surface area contributed by atoms with Gasteiger partial charge in [0.25, 0.3) is 0 Å². The van der Waals surface area contributed by atoms with E-state index >= 15 is 0 Å². The van der Waals surface area contributed by atoms with Gasteiger partial charge in [-0.1, -0.05) is 29.3 Å². The van der Waals surface area contributed by atoms with Crippen molar-refractivity contribution in [3.05, 3.63) is 33.8 Å². The van der Waals surface area contributed by atoms with E-state index < -0.39 is 0 Å². The molecular formula is C13H16Cl2N2. The van der Waals surface area contributed by atoms with Crippen molar-refractivity contribution in [2.24, 2.45) is 5.84 Å². The first-order valence-corrected chi connectivity index (χ1v) is 6.22. The van der Waals surface area contributed by atoms with Gasteiger partial charge in [-0.25, -0.2) is 0 Å². The number of hydrazine groups is 1. The third-order valence-corrected chi connectivity index (χ3v) is 3.10. The van der Waals surface area contributed by atoms with Gasteiger partial charge in [0.05, 0.1) is 0 Å². The molecule has 0 aliphatic heterocycles. The summed E-state index contributed by atoms with van der Waals surface area (Å²) < 4.78 is 0. The van der Waals surface area contributed by atoms with E-state index in [-0.39, 0.29) is 6.04 Å². The molecule has 0 radical (unpaired) electrons. The molecule has 3 N–H and O–H groups in total. The first-order valence-electron chi connectivity index (χ1n) is 5.47. The minimum absolute atomic E-state index is 0.175. The Morgan fingerprint density at radius 2 is 2.18 bits per heavy atom. The van der Waals surface area contributed by atoms with Crippen LogP contribution < -0.4 is 11.3 Å². The van der Waals surface area contributed by atoms with E-state index in [1.165, 1.54) is 0 Å². The Morgan fingerprint density at radius 1 is 1.41 bits per heavy atom. The topological polar surface area (TPSA) is 38.0 Å². The Hall–Kier alpha value is -0.720. The normalized spacial score (nSPS) is 11.8. The molecule has 0 aromatic heterocycles. The van der Waals surface area contributed by atoms with Gasteiger partial charge >= 0.3 is 0 Å². The van der Waals surface area contributed by atoms with Crippen LogP contribution in [0.1, 0.15) is 25.3 Å². The fraction of sp³-hybridized carbons (Fsp3) is 0.385. The average molecular weight is 271 g/mol. The molecule has 0 saturated heterocycles. The number of nitrogens with two attached hydrogens (primary N) is 1. The fourth-order valence-corrected chi connectivity index (χ4v) is 2.05. The first kappa shape index (κ1) is 14.3. The van der Waals surface area contributed by atoms with Crippen LogP contribution in [-0.4, -0.2) is 6.04 Å². The Labute approximate surface area is 112 Å². The fourth-order valence-electron chi connectivity index (χ4n) is 1.57. The SMILES string of the molecule is CC#CCCC(Cc1ccc(Cl)cc1Cl)NN. The van der Waals surface area contributed by atoms with Crippen molar-refractivity contribution in [3.8, 4) is 11.8 Å². The monoisotopic (exact) mass is 270 g/mol. The number of hydrogen-bond donors (Lipinski definition) is 2. The summed E-state index contributed by atoms with van der Waals surface area (Å²) in [5, 5.41) is 1.33. The molecule has 0 bridgehead atoms. The van der Waals surface area contributed by atoms with Crippen molar-refractivity contribution in [3.63, 3.8) is 0 Å². The lowest BCUT2D eigenvalue weighted by atomic mass is 10.0. The number of nitrogens with one attached hydrogen (secondary N) is 1. The van der Waals surface area contributed by atoms with Gasteiger partial charge in [0.1, 0.15) is 0 Å². The first-order chi connectivity index (χ1) is 8.17. The van der Waals surface area contributed by atoms with E-state index in [9.17, 15) is 0 Å². The van der Waals surface area contributed by atoms with Crippen molar-refractivity contribution >= 4 is 23.2 Å². The zero-order valence-corrected chi connectivity index (χ0v) is 11.3. The van der Waals surface area contributed by atoms with Gasteiger partial charge in [-0.2, -0.15) is 0 Å². The summed E-state index contributed by atoms with van der Waals surface area (Å²) in [6.07, 6.45) is 2.50. The minimum Gasteiger partial charge on any atom is -0.271 e. The molecule has 1 unspecified atom stereocenters. The van der Waals surface area contributed by atoms with E-state index in [0.717, 1.165) is 24.8 Å². The molecule has 1 aromatic rings. The van der Waals surface area contributed by atoms with Gasteiger partial charge in [0.2, 0.25) is 0 Å². The summed E-state index contributed by atoms with van der Waals surface area (Å²) in [5.41, 5.74) is 3.84. The molecule has 1 atom stereocenters. The van der Waals surface area contributed by atoms with Gasteiger partial charge in [0.15, 0.2) is 0 Å². The zero-order valence-electron chi connectivity index (χ0n) is 9.76. The van der Waals surface area contributed by atoms with Gasteiger partial charge in [-0.05, 0) is 37.5 Å². The van der Waals surface area contributed by atoms with Gasteiger partial charge in [0, 0.05) is 22.5 Å². The standard InChI is InChI=1S/C13H16Cl2N2/c1-2-3-4-5-12(17-16)8-10-6-7-11(14)9-13(10)15/h6-7,9,12,17H,4-5,8,16H2,1H3. The Morgan fingerprint density at radius 3 is 2.76 bits per heavy atom. The molecule has 4 heteroatoms. The van der Waals surface area contributed by atoms with Crippen LogP contribution in [0.15, 0.2) is 18.2 Å². The summed E-state index contributed by atoms with van der Waals surface area (Å²) in [6, 6.07) is 5.69. The Balaban J connectivity index is 2.62. The molecule has 1 rings (SSSR count). The van der Waals surface area contributed by atoms with Gasteiger partial charge in [-0.3, -0.25) is 11.3 Å². The van der Waals surface area contributed by atoms with Crippen LogP contribution in [0.4, 0.5) is 0 Å². The predicted molar refractivity (Wildman–Crippen MR) is 74.0 cm³/mol. The van der Waals surface area contributed by atoms with Crippen LogP contribution in [-0.2, 0) is 6.42 Å². The number of hydrogen-bond acceptors (Lipinski definition) is 2. The summed E-state index contributed by atoms with van der Waals surface area (Å²) in [7, 11) is 0. The van der Waals surface area contributed by atoms with Crippen molar-refractivity contribution < 1.29 is 0 Å². The second-order valence-corrected chi connectivity index (χ2v) is 4.61. The van der Waals surface area contributed by atoms with Crippen LogP contribution >= 0.6 is 23.2 Å². The van der Waals surface area contributed by atoms with E-state index in [1.54, 1.807) is 6.07 Å². The smallest absolute Gasteiger partial charge is 0.0453 e. The summed E-state index contributed by atoms with van der Waals surface area (Å²) >= 11 is 12.0. The van der Waals surface area contributed by atoms with Crippen LogP contribution in [0.2, 0.25) is 10.0 Å². The molecule has 0 aliphatic rings. The van der Waals surface area contributed by atoms with E-state index in [4.69, 9.17) is 29.0 Å². The van der Waals surface area contributed by atoms with E-state index in [2.05, 4.69) is 17.3 Å². The number of benzene rings is 1. The predicted octanol–water partition coefficient (Wildman–Crippen LogP) is 3.17. The highest BCUT2D eigenvalue weighted by Gasteiger charge is 2.09. The molecular weight excluding hydrogens is 255 g/mol. The quantitative estimate of drug-likeness (QED) is 0.490. The van der Waals surface area contributed by atoms with E-state index in [1.807, 2.05) is 19.1 Å². The highest BCUT2D eigenvalue weighted by molar-refractivity contribution is 6.35. The molecule has 1 aromatic carbocycles. The molecule has 0 fully saturated rings. The van der Waals surface area contributed by atoms with Crippen LogP contribution in [0.5, 0.6) is 0 Å². The second kappa shape index (κ2) is 7.58. The maximum atomic E-state index is 6.11. The van der Waals surface area contributed by atoms with Crippen LogP contribution in [0.25, 0.3) is 0 Å². The number of halogens is 2. The maximum absolute atomic E-state index is 6.11. The van der Waals surface area contributed by atoms with Crippen molar-refractivity contribution in [1.29, 1.82) is 0 Å². The average Bonchev–Trinajstić information content (AvgIpc) is 2.31. The third kappa shape index (κ3) is 4.97. The largest absolute Gasteiger partial charge is 0.271 e. The molecule has 2 nitrogen and oxygen atoms in total. The minimum atomic E-state index is 0.175. The lowest BCUT2D eigenvalue weighted by Gasteiger charge is -2.15. The summed E-state index contributed by atoms with van der Waals surface area (Å²) in [6.45, 7) is 1.83. The van der Waals surface area contributed by atoms with Crippen molar-refractivity contribution in [2.75, 3.05) is 0 Å². The van der Waals surface area contributed by atoms with E-state index in [0.29, 0.717) is 10.0 Å². The van der Waals surface area contributed by atoms with Gasteiger partial charge in [-0.15, -0.1) is 11.8 Å². The number of rotatable bonds is 5. The molecule has 17 heavy (non-hydrogen) atoms. The Kier molecular flexibility index (Phi) is 6.39. The third-order valence-electron chi connectivity index (χ3n) is 2.51. The molecule has 0 amide bonds. The molecule has 0 saturated carbocycles. The molecule has 0 heterocycles. The second-order valence-electron chi connectivity index (χ2n) is 3.77. The molecule has 0 aliphatic carbocycles. The lowest BCUT2D eigenvalue weighted by Crippen LogP contribution is -2.36. The summed E-state index contributed by atoms with van der Waals surface area (Å²) in [4.78, 5) is 0. The highest BCUT2D eigenvalue weighted by Crippen LogP contribution is 2.22. The van der Waals surface area contributed by atoms with Crippen molar-refractivity contribution in [2.45, 2.75) is 32.2 Å². The zero-order chi connectivity index (χ0) is 12.7. The van der Waals surface area contributed by atoms with Crippen LogP contribution in [0, 0.1) is 11.8 Å². The highest BCUT2D eigenvalue weighted by atomic mass is 35.5. The van der Waals surface area contributed by atoms with Gasteiger partial charge < -0.3 is 0 Å².